The van der Waals surface area contributed by atoms with Gasteiger partial charge in [-0.1, -0.05) is 101 Å². The maximum absolute atomic E-state index is 6.44. The first-order chi connectivity index (χ1) is 25.8. The number of hydrogen-bond acceptors (Lipinski definition) is 12. The molecule has 2 heterocycles. The fourth-order valence-corrected chi connectivity index (χ4v) is 5.55. The summed E-state index contributed by atoms with van der Waals surface area (Å²) in [5.41, 5.74) is 9.36. The van der Waals surface area contributed by atoms with Gasteiger partial charge in [0, 0.05) is 57.9 Å². The van der Waals surface area contributed by atoms with Crippen LogP contribution in [0.4, 0.5) is 11.6 Å². The minimum atomic E-state index is 0.289. The Morgan fingerprint density at radius 3 is 1.75 bits per heavy atom. The van der Waals surface area contributed by atoms with E-state index in [0.29, 0.717) is 119 Å². The van der Waals surface area contributed by atoms with Gasteiger partial charge < -0.3 is 30.0 Å². The standard InChI is InChI=1S/C24H28Cl2N4O3.C13H14Cl2N4O/c1-31-13-14-33-16-15-32-12-6-11-21-28-24(27-17-18-7-3-2-4-8-18)23(30-29-21)19-9-5-10-20(25)22(19)26;1-20-7-3-6-10-17-13(16)12(19-18-10)8-4-2-5-9(14)11(8)15/h2-5,7-10H,6,11-17H2,1H3,(H,27,28,29);2,4-5H,3,6-7H2,1H3,(H2,16,17,18). The van der Waals surface area contributed by atoms with Crippen molar-refractivity contribution in [1.82, 2.24) is 30.4 Å². The molecule has 0 bridgehead atoms. The molecule has 0 saturated carbocycles. The molecule has 3 aromatic carbocycles. The predicted octanol–water partition coefficient (Wildman–Crippen LogP) is 8.08. The van der Waals surface area contributed by atoms with Crippen molar-refractivity contribution in [2.45, 2.75) is 32.2 Å². The van der Waals surface area contributed by atoms with Crippen LogP contribution in [0, 0.1) is 0 Å². The number of benzene rings is 3. The highest BCUT2D eigenvalue weighted by Crippen LogP contribution is 2.36. The van der Waals surface area contributed by atoms with Crippen LogP contribution in [0.5, 0.6) is 0 Å². The summed E-state index contributed by atoms with van der Waals surface area (Å²) < 4.78 is 20.9. The maximum Gasteiger partial charge on any atom is 0.157 e. The Morgan fingerprint density at radius 2 is 1.13 bits per heavy atom. The van der Waals surface area contributed by atoms with Gasteiger partial charge in [-0.25, -0.2) is 9.97 Å². The number of nitrogens with one attached hydrogen (secondary N) is 1. The van der Waals surface area contributed by atoms with Gasteiger partial charge >= 0.3 is 0 Å². The second-order valence-electron chi connectivity index (χ2n) is 11.3. The smallest absolute Gasteiger partial charge is 0.157 e. The lowest BCUT2D eigenvalue weighted by Gasteiger charge is -2.13. The molecule has 5 aromatic rings. The number of halogens is 4. The zero-order valence-corrected chi connectivity index (χ0v) is 32.6. The Balaban J connectivity index is 0.000000267. The van der Waals surface area contributed by atoms with Crippen LogP contribution in [0.25, 0.3) is 22.5 Å². The van der Waals surface area contributed by atoms with E-state index >= 15 is 0 Å². The second-order valence-corrected chi connectivity index (χ2v) is 12.9. The fourth-order valence-electron chi connectivity index (χ4n) is 4.77. The molecule has 0 saturated heterocycles. The summed E-state index contributed by atoms with van der Waals surface area (Å²) in [5, 5.41) is 22.0. The van der Waals surface area contributed by atoms with E-state index in [9.17, 15) is 0 Å². The highest BCUT2D eigenvalue weighted by Gasteiger charge is 2.17. The molecule has 0 amide bonds. The molecule has 0 aliphatic heterocycles. The predicted molar refractivity (Wildman–Crippen MR) is 211 cm³/mol. The van der Waals surface area contributed by atoms with Gasteiger partial charge in [-0.3, -0.25) is 0 Å². The quantitative estimate of drug-likeness (QED) is 0.0777. The number of nitrogen functional groups attached to an aromatic ring is 1. The Morgan fingerprint density at radius 1 is 0.585 bits per heavy atom. The molecule has 0 unspecified atom stereocenters. The van der Waals surface area contributed by atoms with Crippen LogP contribution in [-0.2, 0) is 38.3 Å². The van der Waals surface area contributed by atoms with Gasteiger partial charge in [0.25, 0.3) is 0 Å². The van der Waals surface area contributed by atoms with E-state index in [2.05, 4.69) is 30.7 Å². The minimum absolute atomic E-state index is 0.289. The molecule has 0 aliphatic carbocycles. The maximum atomic E-state index is 6.44. The molecule has 2 aromatic heterocycles. The van der Waals surface area contributed by atoms with Gasteiger partial charge in [0.2, 0.25) is 0 Å². The van der Waals surface area contributed by atoms with E-state index in [1.165, 1.54) is 0 Å². The summed E-state index contributed by atoms with van der Waals surface area (Å²) in [6.45, 7) is 4.07. The molecule has 0 spiro atoms. The summed E-state index contributed by atoms with van der Waals surface area (Å²) in [6.07, 6.45) is 2.89. The van der Waals surface area contributed by atoms with E-state index in [1.54, 1.807) is 38.5 Å². The lowest BCUT2D eigenvalue weighted by Crippen LogP contribution is -2.11. The molecular formula is C37H42Cl4N8O4. The Bertz CT molecular complexity index is 1860. The van der Waals surface area contributed by atoms with Gasteiger partial charge in [0.05, 0.1) is 46.5 Å². The van der Waals surface area contributed by atoms with Crippen molar-refractivity contribution >= 4 is 58.0 Å². The summed E-state index contributed by atoms with van der Waals surface area (Å²) in [7, 11) is 3.30. The van der Waals surface area contributed by atoms with Gasteiger partial charge in [-0.2, -0.15) is 0 Å². The van der Waals surface area contributed by atoms with Gasteiger partial charge in [-0.15, -0.1) is 20.4 Å². The Labute approximate surface area is 329 Å². The lowest BCUT2D eigenvalue weighted by molar-refractivity contribution is 0.0243. The Kier molecular flexibility index (Phi) is 18.4. The normalized spacial score (nSPS) is 10.9. The van der Waals surface area contributed by atoms with Crippen molar-refractivity contribution in [2.24, 2.45) is 0 Å². The van der Waals surface area contributed by atoms with Gasteiger partial charge in [0.15, 0.2) is 23.3 Å². The van der Waals surface area contributed by atoms with Crippen molar-refractivity contribution in [1.29, 1.82) is 0 Å². The fraction of sp³-hybridized carbons (Fsp3) is 0.351. The number of anilines is 2. The van der Waals surface area contributed by atoms with Crippen LogP contribution in [-0.4, -0.2) is 84.2 Å². The van der Waals surface area contributed by atoms with Crippen molar-refractivity contribution in [3.8, 4) is 22.5 Å². The third-order valence-electron chi connectivity index (χ3n) is 7.45. The third kappa shape index (κ3) is 13.6. The molecule has 0 fully saturated rings. The first kappa shape index (κ1) is 42.0. The zero-order chi connectivity index (χ0) is 37.8. The molecular weight excluding hydrogens is 762 g/mol. The highest BCUT2D eigenvalue weighted by molar-refractivity contribution is 6.44. The van der Waals surface area contributed by atoms with Crippen molar-refractivity contribution < 1.29 is 18.9 Å². The summed E-state index contributed by atoms with van der Waals surface area (Å²) in [4.78, 5) is 8.96. The summed E-state index contributed by atoms with van der Waals surface area (Å²) in [6, 6.07) is 20.8. The van der Waals surface area contributed by atoms with Crippen LogP contribution in [0.15, 0.2) is 66.7 Å². The number of nitrogens with two attached hydrogens (primary N) is 1. The molecule has 0 atom stereocenters. The van der Waals surface area contributed by atoms with Crippen molar-refractivity contribution in [3.05, 3.63) is 104 Å². The summed E-state index contributed by atoms with van der Waals surface area (Å²) >= 11 is 24.8. The van der Waals surface area contributed by atoms with E-state index in [1.807, 2.05) is 42.5 Å². The zero-order valence-electron chi connectivity index (χ0n) is 29.5. The Hall–Kier alpha value is -3.72. The van der Waals surface area contributed by atoms with Crippen LogP contribution < -0.4 is 11.1 Å². The molecule has 3 N–H and O–H groups in total. The molecule has 0 radical (unpaired) electrons. The lowest BCUT2D eigenvalue weighted by atomic mass is 10.1. The molecule has 53 heavy (non-hydrogen) atoms. The third-order valence-corrected chi connectivity index (χ3v) is 9.08. The largest absolute Gasteiger partial charge is 0.385 e. The number of aromatic nitrogens is 6. The first-order valence-corrected chi connectivity index (χ1v) is 18.4. The van der Waals surface area contributed by atoms with Crippen LogP contribution in [0.2, 0.25) is 20.1 Å². The SMILES string of the molecule is COCCCc1nnc(-c2cccc(Cl)c2Cl)c(N)n1.COCCOCCOCCCc1nnc(-c2cccc(Cl)c2Cl)c(NCc2ccccc2)n1. The van der Waals surface area contributed by atoms with Gasteiger partial charge in [-0.05, 0) is 30.5 Å². The minimum Gasteiger partial charge on any atom is -0.385 e. The average Bonchev–Trinajstić information content (AvgIpc) is 3.17. The first-order valence-electron chi connectivity index (χ1n) is 16.8. The number of methoxy groups -OCH3 is 2. The topological polar surface area (TPSA) is 152 Å². The second kappa shape index (κ2) is 23.1. The summed E-state index contributed by atoms with van der Waals surface area (Å²) in [5.74, 6) is 2.12. The highest BCUT2D eigenvalue weighted by atomic mass is 35.5. The van der Waals surface area contributed by atoms with Crippen LogP contribution in [0.1, 0.15) is 30.1 Å². The van der Waals surface area contributed by atoms with E-state index in [-0.39, 0.29) is 5.82 Å². The number of ether oxygens (including phenoxy) is 4. The number of nitrogens with zero attached hydrogens (tertiary/aromatic N) is 6. The number of hydrogen-bond donors (Lipinski definition) is 2. The van der Waals surface area contributed by atoms with E-state index in [0.717, 1.165) is 18.4 Å². The number of aryl methyl sites for hydroxylation is 2. The van der Waals surface area contributed by atoms with E-state index < -0.39 is 0 Å². The molecule has 0 aliphatic rings. The molecule has 16 heteroatoms. The van der Waals surface area contributed by atoms with Crippen LogP contribution in [0.3, 0.4) is 0 Å². The van der Waals surface area contributed by atoms with Crippen molar-refractivity contribution in [2.75, 3.05) is 64.9 Å². The van der Waals surface area contributed by atoms with Gasteiger partial charge in [0.1, 0.15) is 11.4 Å². The van der Waals surface area contributed by atoms with Crippen LogP contribution >= 0.6 is 46.4 Å². The van der Waals surface area contributed by atoms with Crippen molar-refractivity contribution in [3.63, 3.8) is 0 Å². The molecule has 12 nitrogen and oxygen atoms in total. The number of rotatable bonds is 19. The molecule has 5 rings (SSSR count). The molecule has 282 valence electrons. The monoisotopic (exact) mass is 802 g/mol. The average molecular weight is 805 g/mol. The van der Waals surface area contributed by atoms with E-state index in [4.69, 9.17) is 76.1 Å².